The van der Waals surface area contributed by atoms with Crippen molar-refractivity contribution in [2.75, 3.05) is 26.8 Å². The van der Waals surface area contributed by atoms with E-state index in [0.717, 1.165) is 25.0 Å². The number of rotatable bonds is 7. The Hall–Kier alpha value is 0.137. The van der Waals surface area contributed by atoms with Gasteiger partial charge in [0.15, 0.2) is 0 Å². The van der Waals surface area contributed by atoms with Crippen LogP contribution in [0.25, 0.3) is 0 Å². The first-order valence-electron chi connectivity index (χ1n) is 7.14. The molecule has 0 aliphatic heterocycles. The van der Waals surface area contributed by atoms with E-state index in [1.807, 2.05) is 0 Å². The van der Waals surface area contributed by atoms with Crippen LogP contribution in [0.1, 0.15) is 19.3 Å². The highest BCUT2D eigenvalue weighted by Gasteiger charge is 2.54. The zero-order valence-electron chi connectivity index (χ0n) is 12.0. The largest absolute Gasteiger partial charge is 0.383 e. The third-order valence-corrected chi connectivity index (χ3v) is 6.16. The van der Waals surface area contributed by atoms with E-state index < -0.39 is 8.07 Å². The molecule has 2 rings (SSSR count). The van der Waals surface area contributed by atoms with E-state index in [9.17, 15) is 0 Å². The maximum absolute atomic E-state index is 5.12. The van der Waals surface area contributed by atoms with Gasteiger partial charge in [0, 0.05) is 28.3 Å². The number of hydrogen-bond donors (Lipinski definition) is 1. The molecular weight excluding hydrogens is 226 g/mol. The summed E-state index contributed by atoms with van der Waals surface area (Å²) >= 11 is 0. The van der Waals surface area contributed by atoms with Gasteiger partial charge in [-0.3, -0.25) is 0 Å². The van der Waals surface area contributed by atoms with Gasteiger partial charge in [-0.25, -0.2) is 0 Å². The molecule has 0 bridgehead atoms. The van der Waals surface area contributed by atoms with E-state index in [1.54, 1.807) is 7.11 Å². The summed E-state index contributed by atoms with van der Waals surface area (Å²) in [6.07, 6.45) is 4.54. The monoisotopic (exact) mass is 255 g/mol. The number of hydrogen-bond acceptors (Lipinski definition) is 2. The Labute approximate surface area is 108 Å². The van der Waals surface area contributed by atoms with Crippen LogP contribution in [-0.2, 0) is 4.74 Å². The van der Waals surface area contributed by atoms with Gasteiger partial charge in [0.2, 0.25) is 0 Å². The molecule has 2 nitrogen and oxygen atoms in total. The topological polar surface area (TPSA) is 21.3 Å². The first kappa shape index (κ1) is 13.6. The molecule has 1 N–H and O–H groups in total. The number of methoxy groups -OCH3 is 1. The van der Waals surface area contributed by atoms with Gasteiger partial charge in [0.25, 0.3) is 0 Å². The minimum Gasteiger partial charge on any atom is -0.383 e. The minimum atomic E-state index is -0.943. The number of nitrogens with one attached hydrogen (secondary N) is 1. The Bertz CT molecular complexity index is 251. The average Bonchev–Trinajstić information content (AvgIpc) is 2.80. The van der Waals surface area contributed by atoms with Gasteiger partial charge in [0.05, 0.1) is 6.61 Å². The summed E-state index contributed by atoms with van der Waals surface area (Å²) in [6, 6.07) is 1.51. The van der Waals surface area contributed by atoms with Gasteiger partial charge in [0.1, 0.15) is 0 Å². The van der Waals surface area contributed by atoms with Crippen LogP contribution in [0.4, 0.5) is 0 Å². The van der Waals surface area contributed by atoms with Crippen LogP contribution in [0.2, 0.25) is 25.7 Å². The Morgan fingerprint density at radius 3 is 2.41 bits per heavy atom. The van der Waals surface area contributed by atoms with Crippen LogP contribution in [-0.4, -0.2) is 34.9 Å². The molecule has 2 saturated carbocycles. The molecule has 3 heteroatoms. The quantitative estimate of drug-likeness (QED) is 0.558. The fraction of sp³-hybridized carbons (Fsp3) is 1.00. The molecule has 0 spiro atoms. The summed E-state index contributed by atoms with van der Waals surface area (Å²) in [6.45, 7) is 10.7. The fourth-order valence-electron chi connectivity index (χ4n) is 4.01. The third kappa shape index (κ3) is 3.80. The van der Waals surface area contributed by atoms with Crippen molar-refractivity contribution < 1.29 is 4.74 Å². The van der Waals surface area contributed by atoms with E-state index in [0.29, 0.717) is 5.41 Å². The predicted octanol–water partition coefficient (Wildman–Crippen LogP) is 2.98. The second-order valence-corrected chi connectivity index (χ2v) is 13.0. The smallest absolute Gasteiger partial charge is 0.0587 e. The van der Waals surface area contributed by atoms with Gasteiger partial charge < -0.3 is 10.1 Å². The first-order valence-corrected chi connectivity index (χ1v) is 10.8. The molecule has 0 aromatic heterocycles. The van der Waals surface area contributed by atoms with Crippen molar-refractivity contribution in [3.63, 3.8) is 0 Å². The molecule has 2 atom stereocenters. The van der Waals surface area contributed by atoms with E-state index in [4.69, 9.17) is 4.74 Å². The highest BCUT2D eigenvalue weighted by molar-refractivity contribution is 6.76. The van der Waals surface area contributed by atoms with Gasteiger partial charge in [-0.05, 0) is 36.5 Å². The summed E-state index contributed by atoms with van der Waals surface area (Å²) in [5.41, 5.74) is 0.645. The van der Waals surface area contributed by atoms with Crippen molar-refractivity contribution in [3.8, 4) is 0 Å². The standard InChI is InChI=1S/C14H29NOSi/c1-16-6-5-15-10-14(11-17(2,3)4)8-12-7-13(12)9-14/h12-13,15H,5-11H2,1-4H3. The maximum atomic E-state index is 5.12. The Morgan fingerprint density at radius 1 is 1.24 bits per heavy atom. The Balaban J connectivity index is 1.85. The fourth-order valence-corrected chi connectivity index (χ4v) is 6.67. The zero-order chi connectivity index (χ0) is 12.5. The van der Waals surface area contributed by atoms with E-state index >= 15 is 0 Å². The lowest BCUT2D eigenvalue weighted by atomic mass is 9.85. The van der Waals surface area contributed by atoms with Gasteiger partial charge >= 0.3 is 0 Å². The molecule has 0 heterocycles. The summed E-state index contributed by atoms with van der Waals surface area (Å²) in [5, 5.41) is 3.63. The molecule has 2 aliphatic carbocycles. The van der Waals surface area contributed by atoms with E-state index in [1.165, 1.54) is 31.9 Å². The predicted molar refractivity (Wildman–Crippen MR) is 76.2 cm³/mol. The van der Waals surface area contributed by atoms with Crippen LogP contribution in [0.5, 0.6) is 0 Å². The number of ether oxygens (including phenoxy) is 1. The lowest BCUT2D eigenvalue weighted by Gasteiger charge is -2.36. The lowest BCUT2D eigenvalue weighted by Crippen LogP contribution is -2.40. The molecule has 2 unspecified atom stereocenters. The van der Waals surface area contributed by atoms with Crippen molar-refractivity contribution in [2.24, 2.45) is 17.3 Å². The minimum absolute atomic E-state index is 0.645. The van der Waals surface area contributed by atoms with Crippen molar-refractivity contribution in [2.45, 2.75) is 44.9 Å². The SMILES string of the molecule is COCCNCC1(C[Si](C)(C)C)CC2CC2C1. The van der Waals surface area contributed by atoms with Crippen LogP contribution in [0, 0.1) is 17.3 Å². The summed E-state index contributed by atoms with van der Waals surface area (Å²) < 4.78 is 5.12. The van der Waals surface area contributed by atoms with Crippen molar-refractivity contribution in [1.82, 2.24) is 5.32 Å². The van der Waals surface area contributed by atoms with E-state index in [-0.39, 0.29) is 0 Å². The second kappa shape index (κ2) is 5.02. The maximum Gasteiger partial charge on any atom is 0.0587 e. The molecule has 0 radical (unpaired) electrons. The molecule has 0 amide bonds. The molecule has 2 fully saturated rings. The molecule has 2 aliphatic rings. The summed E-state index contributed by atoms with van der Waals surface area (Å²) in [5.74, 6) is 2.19. The van der Waals surface area contributed by atoms with Crippen molar-refractivity contribution >= 4 is 8.07 Å². The second-order valence-electron chi connectivity index (χ2n) is 7.57. The number of fused-ring (bicyclic) bond motifs is 1. The van der Waals surface area contributed by atoms with Crippen LogP contribution >= 0.6 is 0 Å². The Morgan fingerprint density at radius 2 is 1.88 bits per heavy atom. The Kier molecular flexibility index (Phi) is 4.01. The van der Waals surface area contributed by atoms with Gasteiger partial charge in [-0.1, -0.05) is 25.7 Å². The first-order chi connectivity index (χ1) is 7.94. The van der Waals surface area contributed by atoms with Crippen molar-refractivity contribution in [1.29, 1.82) is 0 Å². The average molecular weight is 255 g/mol. The van der Waals surface area contributed by atoms with Gasteiger partial charge in [-0.2, -0.15) is 0 Å². The lowest BCUT2D eigenvalue weighted by molar-refractivity contribution is 0.190. The molecule has 100 valence electrons. The van der Waals surface area contributed by atoms with E-state index in [2.05, 4.69) is 25.0 Å². The van der Waals surface area contributed by atoms with Crippen LogP contribution in [0.15, 0.2) is 0 Å². The summed E-state index contributed by atoms with van der Waals surface area (Å²) in [4.78, 5) is 0. The normalized spacial score (nSPS) is 36.0. The van der Waals surface area contributed by atoms with Gasteiger partial charge in [-0.15, -0.1) is 0 Å². The molecule has 0 aromatic carbocycles. The highest BCUT2D eigenvalue weighted by atomic mass is 28.3. The third-order valence-electron chi connectivity index (χ3n) is 4.35. The molecule has 17 heavy (non-hydrogen) atoms. The summed E-state index contributed by atoms with van der Waals surface area (Å²) in [7, 11) is 0.839. The molecular formula is C14H29NOSi. The highest BCUT2D eigenvalue weighted by Crippen LogP contribution is 2.61. The van der Waals surface area contributed by atoms with Crippen molar-refractivity contribution in [3.05, 3.63) is 0 Å². The van der Waals surface area contributed by atoms with Crippen LogP contribution in [0.3, 0.4) is 0 Å². The zero-order valence-corrected chi connectivity index (χ0v) is 13.0. The molecule has 0 aromatic rings. The molecule has 0 saturated heterocycles. The van der Waals surface area contributed by atoms with Crippen LogP contribution < -0.4 is 5.32 Å².